The fourth-order valence-corrected chi connectivity index (χ4v) is 3.23. The molecule has 3 rings (SSSR count). The van der Waals surface area contributed by atoms with Crippen LogP contribution in [0.1, 0.15) is 18.1 Å². The summed E-state index contributed by atoms with van der Waals surface area (Å²) < 4.78 is 10.6. The van der Waals surface area contributed by atoms with Gasteiger partial charge >= 0.3 is 0 Å². The molecule has 120 valence electrons. The lowest BCUT2D eigenvalue weighted by Gasteiger charge is -2.13. The predicted molar refractivity (Wildman–Crippen MR) is 92.4 cm³/mol. The molecule has 0 bridgehead atoms. The van der Waals surface area contributed by atoms with Crippen LogP contribution in [0.3, 0.4) is 0 Å². The lowest BCUT2D eigenvalue weighted by Crippen LogP contribution is -2.22. The zero-order chi connectivity index (χ0) is 16.4. The van der Waals surface area contributed by atoms with Crippen molar-refractivity contribution in [3.63, 3.8) is 0 Å². The number of aryl methyl sites for hydroxylation is 2. The van der Waals surface area contributed by atoms with Crippen molar-refractivity contribution in [3.05, 3.63) is 47.5 Å². The first-order valence-electron chi connectivity index (χ1n) is 7.47. The first kappa shape index (κ1) is 15.7. The second-order valence-electron chi connectivity index (χ2n) is 5.56. The van der Waals surface area contributed by atoms with E-state index in [2.05, 4.69) is 37.4 Å². The van der Waals surface area contributed by atoms with Gasteiger partial charge < -0.3 is 14.8 Å². The van der Waals surface area contributed by atoms with Gasteiger partial charge in [-0.2, -0.15) is 0 Å². The monoisotopic (exact) mass is 329 g/mol. The van der Waals surface area contributed by atoms with Crippen molar-refractivity contribution in [2.75, 3.05) is 12.1 Å². The fraction of sp³-hybridized carbons (Fsp3) is 0.278. The molecule has 4 nitrogen and oxygen atoms in total. The first-order valence-corrected chi connectivity index (χ1v) is 8.35. The van der Waals surface area contributed by atoms with E-state index in [0.717, 1.165) is 4.90 Å². The molecule has 1 atom stereocenters. The molecule has 23 heavy (non-hydrogen) atoms. The average Bonchev–Trinajstić information content (AvgIpc) is 2.98. The van der Waals surface area contributed by atoms with Gasteiger partial charge in [-0.25, -0.2) is 0 Å². The molecule has 0 aromatic heterocycles. The molecule has 1 unspecified atom stereocenters. The van der Waals surface area contributed by atoms with E-state index in [1.807, 2.05) is 13.0 Å². The summed E-state index contributed by atoms with van der Waals surface area (Å²) in [5, 5.41) is 2.73. The number of carbonyl (C=O) groups is 1. The molecule has 5 heteroatoms. The van der Waals surface area contributed by atoms with Crippen molar-refractivity contribution in [2.45, 2.75) is 30.9 Å². The van der Waals surface area contributed by atoms with Gasteiger partial charge in [-0.15, -0.1) is 11.8 Å². The highest BCUT2D eigenvalue weighted by Gasteiger charge is 2.17. The number of ether oxygens (including phenoxy) is 2. The minimum atomic E-state index is -0.192. The molecule has 0 spiro atoms. The molecule has 1 aliphatic rings. The molecule has 0 radical (unpaired) electrons. The number of fused-ring (bicyclic) bond motifs is 1. The smallest absolute Gasteiger partial charge is 0.237 e. The summed E-state index contributed by atoms with van der Waals surface area (Å²) in [5.41, 5.74) is 3.21. The summed E-state index contributed by atoms with van der Waals surface area (Å²) in [7, 11) is 0. The van der Waals surface area contributed by atoms with Crippen molar-refractivity contribution in [2.24, 2.45) is 0 Å². The maximum absolute atomic E-state index is 12.4. The van der Waals surface area contributed by atoms with E-state index in [1.54, 1.807) is 23.9 Å². The lowest BCUT2D eigenvalue weighted by atomic mass is 10.1. The number of nitrogens with one attached hydrogen (secondary N) is 1. The molecule has 0 aliphatic carbocycles. The third-order valence-electron chi connectivity index (χ3n) is 3.80. The maximum atomic E-state index is 12.4. The largest absolute Gasteiger partial charge is 0.454 e. The minimum Gasteiger partial charge on any atom is -0.454 e. The van der Waals surface area contributed by atoms with E-state index in [-0.39, 0.29) is 18.0 Å². The Morgan fingerprint density at radius 1 is 1.09 bits per heavy atom. The molecule has 2 aromatic rings. The van der Waals surface area contributed by atoms with Crippen LogP contribution in [-0.2, 0) is 4.79 Å². The Morgan fingerprint density at radius 2 is 1.87 bits per heavy atom. The second kappa shape index (κ2) is 6.54. The molecular formula is C18H19NO3S. The van der Waals surface area contributed by atoms with Crippen molar-refractivity contribution in [3.8, 4) is 11.5 Å². The van der Waals surface area contributed by atoms with E-state index in [9.17, 15) is 4.79 Å². The predicted octanol–water partition coefficient (Wildman–Crippen LogP) is 4.15. The molecule has 0 saturated heterocycles. The fourth-order valence-electron chi connectivity index (χ4n) is 2.26. The topological polar surface area (TPSA) is 47.6 Å². The molecule has 0 saturated carbocycles. The van der Waals surface area contributed by atoms with Gasteiger partial charge in [0, 0.05) is 16.6 Å². The Labute approximate surface area is 140 Å². The highest BCUT2D eigenvalue weighted by atomic mass is 32.2. The summed E-state index contributed by atoms with van der Waals surface area (Å²) in [6, 6.07) is 11.7. The third kappa shape index (κ3) is 3.62. The molecular weight excluding hydrogens is 310 g/mol. The van der Waals surface area contributed by atoms with Crippen LogP contribution in [0.25, 0.3) is 0 Å². The molecule has 1 amide bonds. The van der Waals surface area contributed by atoms with Crippen molar-refractivity contribution < 1.29 is 14.3 Å². The minimum absolute atomic E-state index is 0.0351. The zero-order valence-corrected chi connectivity index (χ0v) is 14.2. The number of rotatable bonds is 4. The summed E-state index contributed by atoms with van der Waals surface area (Å²) in [6.07, 6.45) is 0. The highest BCUT2D eigenvalue weighted by Crippen LogP contribution is 2.34. The van der Waals surface area contributed by atoms with Crippen LogP contribution in [0.5, 0.6) is 11.5 Å². The Kier molecular flexibility index (Phi) is 4.48. The summed E-state index contributed by atoms with van der Waals surface area (Å²) in [4.78, 5) is 13.5. The van der Waals surface area contributed by atoms with Crippen LogP contribution in [-0.4, -0.2) is 18.0 Å². The molecule has 2 aromatic carbocycles. The molecule has 0 fully saturated rings. The van der Waals surface area contributed by atoms with Gasteiger partial charge in [0.1, 0.15) is 0 Å². The molecule has 1 N–H and O–H groups in total. The maximum Gasteiger partial charge on any atom is 0.237 e. The first-order chi connectivity index (χ1) is 11.0. The van der Waals surface area contributed by atoms with E-state index in [0.29, 0.717) is 17.2 Å². The van der Waals surface area contributed by atoms with Gasteiger partial charge in [0.25, 0.3) is 0 Å². The highest BCUT2D eigenvalue weighted by molar-refractivity contribution is 8.00. The normalized spacial score (nSPS) is 13.7. The van der Waals surface area contributed by atoms with E-state index >= 15 is 0 Å². The van der Waals surface area contributed by atoms with Gasteiger partial charge in [-0.3, -0.25) is 4.79 Å². The van der Waals surface area contributed by atoms with Crippen LogP contribution in [0.2, 0.25) is 0 Å². The number of carbonyl (C=O) groups excluding carboxylic acids is 1. The van der Waals surface area contributed by atoms with Gasteiger partial charge in [0.2, 0.25) is 12.7 Å². The Balaban J connectivity index is 1.64. The van der Waals surface area contributed by atoms with Crippen LogP contribution >= 0.6 is 11.8 Å². The van der Waals surface area contributed by atoms with Crippen molar-refractivity contribution in [1.29, 1.82) is 0 Å². The molecule has 1 heterocycles. The van der Waals surface area contributed by atoms with Gasteiger partial charge in [-0.1, -0.05) is 6.07 Å². The van der Waals surface area contributed by atoms with Crippen LogP contribution in [0.15, 0.2) is 41.3 Å². The van der Waals surface area contributed by atoms with Gasteiger partial charge in [0.05, 0.1) is 5.25 Å². The number of hydrogen-bond donors (Lipinski definition) is 1. The molecule has 1 aliphatic heterocycles. The number of anilines is 1. The SMILES string of the molecule is Cc1ccc(SC(C)C(=O)Nc2ccc3c(c2)OCO3)cc1C. The number of hydrogen-bond acceptors (Lipinski definition) is 4. The third-order valence-corrected chi connectivity index (χ3v) is 4.89. The Bertz CT molecular complexity index is 745. The van der Waals surface area contributed by atoms with Crippen molar-refractivity contribution in [1.82, 2.24) is 0 Å². The number of benzene rings is 2. The Morgan fingerprint density at radius 3 is 2.65 bits per heavy atom. The zero-order valence-electron chi connectivity index (χ0n) is 13.4. The average molecular weight is 329 g/mol. The van der Waals surface area contributed by atoms with E-state index in [4.69, 9.17) is 9.47 Å². The Hall–Kier alpha value is -2.14. The van der Waals surface area contributed by atoms with E-state index in [1.165, 1.54) is 11.1 Å². The van der Waals surface area contributed by atoms with Gasteiger partial charge in [-0.05, 0) is 56.2 Å². The van der Waals surface area contributed by atoms with E-state index < -0.39 is 0 Å². The second-order valence-corrected chi connectivity index (χ2v) is 6.98. The number of amides is 1. The lowest BCUT2D eigenvalue weighted by molar-refractivity contribution is -0.115. The van der Waals surface area contributed by atoms with Crippen LogP contribution in [0.4, 0.5) is 5.69 Å². The van der Waals surface area contributed by atoms with Crippen LogP contribution < -0.4 is 14.8 Å². The summed E-state index contributed by atoms with van der Waals surface area (Å²) >= 11 is 1.55. The van der Waals surface area contributed by atoms with Crippen LogP contribution in [0, 0.1) is 13.8 Å². The standard InChI is InChI=1S/C18H19NO3S/c1-11-4-6-15(8-12(11)2)23-13(3)18(20)19-14-5-7-16-17(9-14)22-10-21-16/h4-9,13H,10H2,1-3H3,(H,19,20). The number of thioether (sulfide) groups is 1. The summed E-state index contributed by atoms with van der Waals surface area (Å²) in [5.74, 6) is 1.34. The van der Waals surface area contributed by atoms with Crippen molar-refractivity contribution >= 4 is 23.4 Å². The summed E-state index contributed by atoms with van der Waals surface area (Å²) in [6.45, 7) is 6.30. The van der Waals surface area contributed by atoms with Gasteiger partial charge in [0.15, 0.2) is 11.5 Å². The quantitative estimate of drug-likeness (QED) is 0.856.